The predicted octanol–water partition coefficient (Wildman–Crippen LogP) is 5.56. The summed E-state index contributed by atoms with van der Waals surface area (Å²) in [5.74, 6) is -0.867. The van der Waals surface area contributed by atoms with E-state index >= 15 is 0 Å². The molecule has 232 valence electrons. The van der Waals surface area contributed by atoms with Crippen LogP contribution in [0.5, 0.6) is 11.5 Å². The van der Waals surface area contributed by atoms with E-state index in [1.54, 1.807) is 40.7 Å². The van der Waals surface area contributed by atoms with Crippen molar-refractivity contribution in [1.29, 1.82) is 0 Å². The molecular formula is C29H45NO11. The van der Waals surface area contributed by atoms with Crippen LogP contribution in [0.3, 0.4) is 0 Å². The molecule has 0 fully saturated rings. The Bertz CT molecular complexity index is 1030. The van der Waals surface area contributed by atoms with Crippen molar-refractivity contribution in [3.05, 3.63) is 23.8 Å². The van der Waals surface area contributed by atoms with Crippen molar-refractivity contribution < 1.29 is 52.3 Å². The van der Waals surface area contributed by atoms with Gasteiger partial charge in [-0.2, -0.15) is 0 Å². The average Bonchev–Trinajstić information content (AvgIpc) is 2.82. The highest BCUT2D eigenvalue weighted by atomic mass is 16.8. The Labute approximate surface area is 242 Å². The molecule has 1 rings (SSSR count). The topological polar surface area (TPSA) is 159 Å². The Morgan fingerprint density at radius 3 is 1.76 bits per heavy atom. The molecule has 0 saturated carbocycles. The van der Waals surface area contributed by atoms with Crippen molar-refractivity contribution in [2.75, 3.05) is 6.61 Å². The van der Waals surface area contributed by atoms with Crippen LogP contribution in [0.4, 0.5) is 14.4 Å². The molecule has 0 aromatic heterocycles. The maximum Gasteiger partial charge on any atom is 0.514 e. The molecule has 2 N–H and O–H groups in total. The zero-order chi connectivity index (χ0) is 31.5. The van der Waals surface area contributed by atoms with Gasteiger partial charge in [0, 0.05) is 0 Å². The predicted molar refractivity (Wildman–Crippen MR) is 149 cm³/mol. The van der Waals surface area contributed by atoms with E-state index < -0.39 is 54.4 Å². The molecule has 0 heterocycles. The van der Waals surface area contributed by atoms with E-state index in [1.165, 1.54) is 19.1 Å². The van der Waals surface area contributed by atoms with Crippen molar-refractivity contribution in [1.82, 2.24) is 0 Å². The lowest BCUT2D eigenvalue weighted by Gasteiger charge is -2.21. The summed E-state index contributed by atoms with van der Waals surface area (Å²) in [6.45, 7) is 17.4. The van der Waals surface area contributed by atoms with E-state index in [9.17, 15) is 19.2 Å². The highest BCUT2D eigenvalue weighted by molar-refractivity contribution is 5.76. The van der Waals surface area contributed by atoms with Crippen molar-refractivity contribution >= 4 is 24.4 Å². The Morgan fingerprint density at radius 2 is 1.27 bits per heavy atom. The number of benzene rings is 1. The van der Waals surface area contributed by atoms with Crippen molar-refractivity contribution in [3.8, 4) is 11.5 Å². The summed E-state index contributed by atoms with van der Waals surface area (Å²) in [4.78, 5) is 49.0. The average molecular weight is 584 g/mol. The number of nitrogens with two attached hydrogens (primary N) is 1. The first-order valence-electron chi connectivity index (χ1n) is 13.6. The van der Waals surface area contributed by atoms with Crippen LogP contribution >= 0.6 is 0 Å². The van der Waals surface area contributed by atoms with Crippen LogP contribution in [0.2, 0.25) is 0 Å². The van der Waals surface area contributed by atoms with Crippen LogP contribution in [-0.4, -0.2) is 61.0 Å². The molecule has 4 atom stereocenters. The number of carbonyl (C=O) groups is 4. The van der Waals surface area contributed by atoms with Crippen molar-refractivity contribution in [2.24, 2.45) is 17.6 Å². The van der Waals surface area contributed by atoms with Crippen LogP contribution in [0, 0.1) is 11.8 Å². The zero-order valence-electron chi connectivity index (χ0n) is 25.7. The minimum absolute atomic E-state index is 0.0109. The van der Waals surface area contributed by atoms with E-state index in [0.717, 1.165) is 0 Å². The molecule has 0 saturated heterocycles. The zero-order valence-corrected chi connectivity index (χ0v) is 25.7. The molecule has 0 spiro atoms. The lowest BCUT2D eigenvalue weighted by atomic mass is 10.1. The smallest absolute Gasteiger partial charge is 0.461 e. The molecular weight excluding hydrogens is 538 g/mol. The summed E-state index contributed by atoms with van der Waals surface area (Å²) in [7, 11) is 0. The maximum atomic E-state index is 12.5. The lowest BCUT2D eigenvalue weighted by molar-refractivity contribution is -0.148. The maximum absolute atomic E-state index is 12.5. The van der Waals surface area contributed by atoms with Gasteiger partial charge in [-0.1, -0.05) is 33.8 Å². The monoisotopic (exact) mass is 583 g/mol. The minimum Gasteiger partial charge on any atom is -0.461 e. The molecule has 12 nitrogen and oxygen atoms in total. The van der Waals surface area contributed by atoms with Crippen LogP contribution in [-0.2, 0) is 34.9 Å². The van der Waals surface area contributed by atoms with Gasteiger partial charge >= 0.3 is 24.4 Å². The van der Waals surface area contributed by atoms with Gasteiger partial charge in [0.2, 0.25) is 0 Å². The van der Waals surface area contributed by atoms with Gasteiger partial charge < -0.3 is 38.9 Å². The number of hydrogen-bond acceptors (Lipinski definition) is 12. The molecule has 0 bridgehead atoms. The Morgan fingerprint density at radius 1 is 0.756 bits per heavy atom. The minimum atomic E-state index is -1.10. The number of ether oxygens (including phenoxy) is 7. The fraction of sp³-hybridized carbons (Fsp3) is 0.655. The van der Waals surface area contributed by atoms with Crippen LogP contribution in [0.15, 0.2) is 18.2 Å². The fourth-order valence-electron chi connectivity index (χ4n) is 2.76. The van der Waals surface area contributed by atoms with Crippen molar-refractivity contribution in [2.45, 2.75) is 106 Å². The second-order valence-corrected chi connectivity index (χ2v) is 11.5. The third kappa shape index (κ3) is 14.1. The number of carbonyl (C=O) groups excluding carboxylic acids is 4. The van der Waals surface area contributed by atoms with Crippen molar-refractivity contribution in [3.63, 3.8) is 0 Å². The van der Waals surface area contributed by atoms with E-state index in [1.807, 2.05) is 27.7 Å². The number of rotatable bonds is 12. The third-order valence-electron chi connectivity index (χ3n) is 5.74. The molecule has 0 amide bonds. The normalized spacial score (nSPS) is 14.4. The summed E-state index contributed by atoms with van der Waals surface area (Å²) in [6.07, 6.45) is -4.49. The quantitative estimate of drug-likeness (QED) is 0.186. The highest BCUT2D eigenvalue weighted by Crippen LogP contribution is 2.30. The van der Waals surface area contributed by atoms with E-state index in [-0.39, 0.29) is 36.4 Å². The second-order valence-electron chi connectivity index (χ2n) is 11.5. The van der Waals surface area contributed by atoms with Gasteiger partial charge in [0.25, 0.3) is 0 Å². The second kappa shape index (κ2) is 16.0. The molecule has 41 heavy (non-hydrogen) atoms. The molecule has 0 aliphatic carbocycles. The standard InChI is InChI=1S/C29H45NO11/c1-16(2)19(6)37-26(32)39-23-12-11-21(14-24(23)40-27(33)38-20(7)17(3)4)13-22(30)25(31)35-15-18(5)36-28(34)41-29(8,9)10/h11-12,14,16-20,22H,13,15,30H2,1-10H3/t18-,19?,20?,22-/m0/s1. The van der Waals surface area contributed by atoms with Gasteiger partial charge in [0.15, 0.2) is 11.5 Å². The van der Waals surface area contributed by atoms with Crippen LogP contribution < -0.4 is 15.2 Å². The van der Waals surface area contributed by atoms with Gasteiger partial charge in [0.05, 0.1) is 0 Å². The van der Waals surface area contributed by atoms with Gasteiger partial charge in [-0.3, -0.25) is 4.79 Å². The van der Waals surface area contributed by atoms with E-state index in [0.29, 0.717) is 5.56 Å². The summed E-state index contributed by atoms with van der Waals surface area (Å²) in [5, 5.41) is 0. The summed E-state index contributed by atoms with van der Waals surface area (Å²) in [6, 6.07) is 3.23. The molecule has 0 radical (unpaired) electrons. The first kappa shape index (κ1) is 35.5. The first-order valence-corrected chi connectivity index (χ1v) is 13.6. The van der Waals surface area contributed by atoms with Gasteiger partial charge in [-0.15, -0.1) is 0 Å². The largest absolute Gasteiger partial charge is 0.514 e. The summed E-state index contributed by atoms with van der Waals surface area (Å²) < 4.78 is 36.4. The molecule has 1 aromatic carbocycles. The van der Waals surface area contributed by atoms with E-state index in [2.05, 4.69) is 0 Å². The first-order chi connectivity index (χ1) is 18.9. The van der Waals surface area contributed by atoms with Crippen LogP contribution in [0.25, 0.3) is 0 Å². The van der Waals surface area contributed by atoms with Crippen LogP contribution in [0.1, 0.15) is 74.8 Å². The van der Waals surface area contributed by atoms with Gasteiger partial charge in [-0.25, -0.2) is 14.4 Å². The molecule has 1 aromatic rings. The van der Waals surface area contributed by atoms with Gasteiger partial charge in [-0.05, 0) is 77.5 Å². The molecule has 0 aliphatic heterocycles. The Kier molecular flexibility index (Phi) is 13.9. The summed E-state index contributed by atoms with van der Waals surface area (Å²) in [5.41, 5.74) is 5.78. The number of esters is 1. The lowest BCUT2D eigenvalue weighted by Crippen LogP contribution is -2.36. The molecule has 2 unspecified atom stereocenters. The van der Waals surface area contributed by atoms with Gasteiger partial charge in [0.1, 0.15) is 36.6 Å². The molecule has 0 aliphatic rings. The summed E-state index contributed by atoms with van der Waals surface area (Å²) >= 11 is 0. The third-order valence-corrected chi connectivity index (χ3v) is 5.74. The fourth-order valence-corrected chi connectivity index (χ4v) is 2.76. The Hall–Kier alpha value is -3.54. The Balaban J connectivity index is 2.93. The number of hydrogen-bond donors (Lipinski definition) is 1. The molecule has 12 heteroatoms. The SMILES string of the molecule is CC(C)C(C)OC(=O)Oc1ccc(C[C@H](N)C(=O)OC[C@H](C)OC(=O)OC(C)(C)C)cc1OC(=O)OC(C)C(C)C. The highest BCUT2D eigenvalue weighted by Gasteiger charge is 2.24. The van der Waals surface area contributed by atoms with E-state index in [4.69, 9.17) is 38.9 Å².